The van der Waals surface area contributed by atoms with Gasteiger partial charge in [0.2, 0.25) is 6.29 Å². The number of nitrogens with zero attached hydrogens (tertiary/aromatic N) is 5. The van der Waals surface area contributed by atoms with Gasteiger partial charge in [-0.1, -0.05) is 136 Å². The fourth-order valence-electron chi connectivity index (χ4n) is 7.18. The number of hydrogen-bond acceptors (Lipinski definition) is 6. The zero-order valence-corrected chi connectivity index (χ0v) is 43.5. The molecule has 3 aliphatic rings. The lowest BCUT2D eigenvalue weighted by Crippen LogP contribution is -2.22. The lowest BCUT2D eigenvalue weighted by molar-refractivity contribution is -0.156. The molecule has 0 saturated heterocycles. The van der Waals surface area contributed by atoms with Crippen LogP contribution in [-0.4, -0.2) is 70.9 Å². The number of alkyl halides is 3. The molecule has 68 heavy (non-hydrogen) atoms. The van der Waals surface area contributed by atoms with E-state index in [1.807, 2.05) is 79.4 Å². The molecule has 17 heteroatoms. The number of benzene rings is 3. The maximum absolute atomic E-state index is 10.4. The van der Waals surface area contributed by atoms with Crippen molar-refractivity contribution in [2.45, 2.75) is 135 Å². The van der Waals surface area contributed by atoms with Crippen LogP contribution < -0.4 is 0 Å². The summed E-state index contributed by atoms with van der Waals surface area (Å²) in [5.41, 5.74) is 9.98. The highest BCUT2D eigenvalue weighted by Crippen LogP contribution is 2.47. The number of halogens is 6. The van der Waals surface area contributed by atoms with Gasteiger partial charge >= 0.3 is 6.18 Å². The first-order valence-corrected chi connectivity index (χ1v) is 31.4. The van der Waals surface area contributed by atoms with Crippen molar-refractivity contribution in [3.05, 3.63) is 124 Å². The van der Waals surface area contributed by atoms with Crippen molar-refractivity contribution in [2.75, 3.05) is 13.2 Å². The summed E-state index contributed by atoms with van der Waals surface area (Å²) >= 11 is 19.0. The van der Waals surface area contributed by atoms with E-state index in [2.05, 4.69) is 74.4 Å². The van der Waals surface area contributed by atoms with Crippen molar-refractivity contribution in [1.29, 1.82) is 0 Å². The molecule has 3 fully saturated rings. The number of imidazole rings is 3. The Hall–Kier alpha value is -4.03. The molecule has 3 saturated carbocycles. The molecule has 0 bridgehead atoms. The number of hydrogen-bond donors (Lipinski definition) is 1. The Morgan fingerprint density at radius 2 is 1.09 bits per heavy atom. The maximum atomic E-state index is 10.4. The van der Waals surface area contributed by atoms with E-state index in [0.29, 0.717) is 31.2 Å². The Morgan fingerprint density at radius 3 is 1.54 bits per heavy atom. The monoisotopic (exact) mass is 1030 g/mol. The molecule has 0 spiro atoms. The molecular formula is C51H66Cl3F3N6O3Si2. The second kappa shape index (κ2) is 24.7. The molecule has 0 amide bonds. The highest BCUT2D eigenvalue weighted by atomic mass is 35.5. The predicted molar refractivity (Wildman–Crippen MR) is 277 cm³/mol. The van der Waals surface area contributed by atoms with Gasteiger partial charge < -0.3 is 23.6 Å². The van der Waals surface area contributed by atoms with E-state index in [1.54, 1.807) is 6.33 Å². The summed E-state index contributed by atoms with van der Waals surface area (Å²) in [7, 11) is -2.10. The van der Waals surface area contributed by atoms with E-state index >= 15 is 0 Å². The highest BCUT2D eigenvalue weighted by Gasteiger charge is 2.33. The molecule has 3 aromatic carbocycles. The Kier molecular flexibility index (Phi) is 19.9. The third-order valence-electron chi connectivity index (χ3n) is 11.3. The molecule has 3 heterocycles. The first-order valence-electron chi connectivity index (χ1n) is 22.9. The average molecular weight is 1030 g/mol. The van der Waals surface area contributed by atoms with Gasteiger partial charge in [-0.3, -0.25) is 4.79 Å². The number of carbonyl (C=O) groups is 1. The van der Waals surface area contributed by atoms with E-state index in [1.165, 1.54) is 67.7 Å². The van der Waals surface area contributed by atoms with Crippen LogP contribution in [0.4, 0.5) is 13.2 Å². The van der Waals surface area contributed by atoms with E-state index < -0.39 is 28.6 Å². The van der Waals surface area contributed by atoms with Gasteiger partial charge in [0.1, 0.15) is 13.5 Å². The van der Waals surface area contributed by atoms with Gasteiger partial charge in [-0.2, -0.15) is 13.2 Å². The number of aromatic amines is 1. The fourth-order valence-corrected chi connectivity index (χ4v) is 9.36. The number of nitrogens with one attached hydrogen (secondary N) is 1. The SMILES string of the molecule is C.C[Si](C)(C)CCOCn1cnc(-c2ccccc2Cl)c1C1CC1.C[Si](C)(C)CCOCn1cnc(C2CC2)c1-c1ccccc1Cl.Clc1ccccc1-c1nc[nH]c1C1CC1.O=CC(F)(F)F. The zero-order chi connectivity index (χ0) is 48.4. The predicted octanol–water partition coefficient (Wildman–Crippen LogP) is 15.8. The quantitative estimate of drug-likeness (QED) is 0.0589. The van der Waals surface area contributed by atoms with Crippen molar-refractivity contribution in [1.82, 2.24) is 29.1 Å². The number of ether oxygens (including phenoxy) is 2. The molecule has 0 aliphatic heterocycles. The van der Waals surface area contributed by atoms with Gasteiger partial charge in [0.15, 0.2) is 0 Å². The van der Waals surface area contributed by atoms with E-state index in [-0.39, 0.29) is 7.43 Å². The van der Waals surface area contributed by atoms with Gasteiger partial charge in [0, 0.05) is 74.5 Å². The number of H-pyrrole nitrogens is 1. The molecule has 0 unspecified atom stereocenters. The van der Waals surface area contributed by atoms with Gasteiger partial charge in [-0.05, 0) is 68.8 Å². The summed E-state index contributed by atoms with van der Waals surface area (Å²) in [5, 5.41) is 2.31. The summed E-state index contributed by atoms with van der Waals surface area (Å²) in [6.07, 6.45) is 7.31. The second-order valence-corrected chi connectivity index (χ2v) is 32.1. The maximum Gasteiger partial charge on any atom is 0.446 e. The van der Waals surface area contributed by atoms with Crippen molar-refractivity contribution in [2.24, 2.45) is 0 Å². The van der Waals surface area contributed by atoms with Crippen LogP contribution in [0.5, 0.6) is 0 Å². The lowest BCUT2D eigenvalue weighted by Gasteiger charge is -2.16. The minimum absolute atomic E-state index is 0. The molecule has 6 aromatic rings. The van der Waals surface area contributed by atoms with Crippen LogP contribution in [0.1, 0.15) is 80.8 Å². The fraction of sp³-hybridized carbons (Fsp3) is 0.451. The highest BCUT2D eigenvalue weighted by molar-refractivity contribution is 6.76. The molecule has 1 N–H and O–H groups in total. The topological polar surface area (TPSA) is 99.8 Å². The van der Waals surface area contributed by atoms with Crippen LogP contribution in [0.25, 0.3) is 33.8 Å². The largest absolute Gasteiger partial charge is 0.446 e. The molecule has 9 rings (SSSR count). The van der Waals surface area contributed by atoms with E-state index in [0.717, 1.165) is 62.1 Å². The van der Waals surface area contributed by atoms with Gasteiger partial charge in [0.05, 0.1) is 57.5 Å². The number of aromatic nitrogens is 6. The first-order chi connectivity index (χ1) is 31.8. The van der Waals surface area contributed by atoms with Crippen molar-refractivity contribution in [3.63, 3.8) is 0 Å². The molecule has 3 aromatic heterocycles. The first kappa shape index (κ1) is 54.9. The summed E-state index contributed by atoms with van der Waals surface area (Å²) < 4.78 is 47.4. The number of rotatable bonds is 16. The van der Waals surface area contributed by atoms with Crippen molar-refractivity contribution >= 4 is 57.2 Å². The third-order valence-corrected chi connectivity index (χ3v) is 15.7. The molecule has 0 atom stereocenters. The lowest BCUT2D eigenvalue weighted by atomic mass is 10.1. The zero-order valence-electron chi connectivity index (χ0n) is 39.2. The van der Waals surface area contributed by atoms with Crippen molar-refractivity contribution in [3.8, 4) is 33.8 Å². The third kappa shape index (κ3) is 16.8. The minimum Gasteiger partial charge on any atom is -0.361 e. The Balaban J connectivity index is 0.000000182. The van der Waals surface area contributed by atoms with E-state index in [4.69, 9.17) is 49.1 Å². The van der Waals surface area contributed by atoms with E-state index in [9.17, 15) is 13.2 Å². The molecule has 0 radical (unpaired) electrons. The summed E-state index contributed by atoms with van der Waals surface area (Å²) in [6, 6.07) is 26.2. The van der Waals surface area contributed by atoms with Gasteiger partial charge in [0.25, 0.3) is 0 Å². The van der Waals surface area contributed by atoms with Crippen molar-refractivity contribution < 1.29 is 27.4 Å². The van der Waals surface area contributed by atoms with Gasteiger partial charge in [-0.25, -0.2) is 15.0 Å². The summed E-state index contributed by atoms with van der Waals surface area (Å²) in [6.45, 7) is 17.0. The normalized spacial score (nSPS) is 14.6. The Bertz CT molecular complexity index is 2520. The summed E-state index contributed by atoms with van der Waals surface area (Å²) in [4.78, 5) is 25.6. The van der Waals surface area contributed by atoms with Crippen LogP contribution in [0.2, 0.25) is 66.4 Å². The number of aldehydes is 1. The van der Waals surface area contributed by atoms with Crippen LogP contribution in [-0.2, 0) is 27.7 Å². The summed E-state index contributed by atoms with van der Waals surface area (Å²) in [5.74, 6) is 1.85. The Labute approximate surface area is 417 Å². The second-order valence-electron chi connectivity index (χ2n) is 19.7. The molecule has 9 nitrogen and oxygen atoms in total. The molecule has 368 valence electrons. The minimum atomic E-state index is -4.64. The van der Waals surface area contributed by atoms with Crippen LogP contribution >= 0.6 is 34.8 Å². The van der Waals surface area contributed by atoms with Crippen LogP contribution in [0.15, 0.2) is 91.8 Å². The van der Waals surface area contributed by atoms with Gasteiger partial charge in [-0.15, -0.1) is 0 Å². The average Bonchev–Trinajstić information content (AvgIpc) is 4.24. The van der Waals surface area contributed by atoms with Crippen LogP contribution in [0.3, 0.4) is 0 Å². The van der Waals surface area contributed by atoms with Crippen LogP contribution in [0, 0.1) is 0 Å². The smallest absolute Gasteiger partial charge is 0.361 e. The number of carbonyl (C=O) groups excluding carboxylic acids is 1. The molecule has 3 aliphatic carbocycles. The Morgan fingerprint density at radius 1 is 0.647 bits per heavy atom. The standard InChI is InChI=1S/2C18H25ClN2OSi.C12H11ClN2.C2HF3O.CH4/c1-23(2,3)11-10-22-13-21-12-20-17(18(21)14-8-9-14)15-6-4-5-7-16(15)19;1-23(2,3)11-10-22-13-21-12-20-17(14-8-9-14)18(21)15-6-4-5-7-16(15)19;13-10-4-2-1-3-9(10)12-11(8-5-6-8)14-7-15-12;3-2(4,5)1-6;/h2*4-7,12,14H,8-11,13H2,1-3H3;1-4,7-8H,5-6H2,(H,14,15);1H;1H4. The molecular weight excluding hydrogens is 964 g/mol.